The number of nitrogen functional groups attached to an aromatic ring is 1. The Balaban J connectivity index is 2.09. The molecular weight excluding hydrogens is 262 g/mol. The minimum Gasteiger partial charge on any atom is -0.476 e. The number of pyridine rings is 1. The van der Waals surface area contributed by atoms with Crippen LogP contribution in [0.2, 0.25) is 0 Å². The van der Waals surface area contributed by atoms with Crippen molar-refractivity contribution < 1.29 is 4.74 Å². The fourth-order valence-corrected chi connectivity index (χ4v) is 2.83. The van der Waals surface area contributed by atoms with Gasteiger partial charge in [-0.15, -0.1) is 0 Å². The molecule has 1 saturated carbocycles. The van der Waals surface area contributed by atoms with Gasteiger partial charge >= 0.3 is 0 Å². The third kappa shape index (κ3) is 4.51. The summed E-state index contributed by atoms with van der Waals surface area (Å²) in [5.74, 6) is 2.01. The van der Waals surface area contributed by atoms with Gasteiger partial charge in [0.05, 0.1) is 12.3 Å². The van der Waals surface area contributed by atoms with E-state index in [1.54, 1.807) is 0 Å². The summed E-state index contributed by atoms with van der Waals surface area (Å²) in [7, 11) is 2.14. The molecule has 0 aliphatic heterocycles. The molecule has 0 bridgehead atoms. The maximum atomic E-state index is 5.97. The van der Waals surface area contributed by atoms with Crippen molar-refractivity contribution in [3.63, 3.8) is 0 Å². The van der Waals surface area contributed by atoms with E-state index in [-0.39, 0.29) is 0 Å². The second-order valence-electron chi connectivity index (χ2n) is 6.52. The van der Waals surface area contributed by atoms with Crippen LogP contribution in [0.4, 0.5) is 11.5 Å². The fourth-order valence-electron chi connectivity index (χ4n) is 2.83. The Labute approximate surface area is 128 Å². The molecule has 0 saturated heterocycles. The summed E-state index contributed by atoms with van der Waals surface area (Å²) in [4.78, 5) is 6.93. The minimum atomic E-state index is 0.467. The summed E-state index contributed by atoms with van der Waals surface area (Å²) in [6, 6.07) is 4.50. The van der Waals surface area contributed by atoms with E-state index in [1.807, 2.05) is 12.1 Å². The van der Waals surface area contributed by atoms with E-state index in [0.29, 0.717) is 30.1 Å². The van der Waals surface area contributed by atoms with Gasteiger partial charge < -0.3 is 15.4 Å². The summed E-state index contributed by atoms with van der Waals surface area (Å²) in [5.41, 5.74) is 6.59. The maximum Gasteiger partial charge on any atom is 0.239 e. The number of anilines is 2. The molecule has 0 aromatic carbocycles. The predicted octanol–water partition coefficient (Wildman–Crippen LogP) is 3.86. The molecule has 0 unspecified atom stereocenters. The molecule has 0 radical (unpaired) electrons. The van der Waals surface area contributed by atoms with Crippen molar-refractivity contribution in [3.05, 3.63) is 12.1 Å². The lowest BCUT2D eigenvalue weighted by Crippen LogP contribution is -2.31. The molecule has 1 heterocycles. The Kier molecular flexibility index (Phi) is 5.71. The molecule has 4 nitrogen and oxygen atoms in total. The highest BCUT2D eigenvalue weighted by atomic mass is 16.5. The van der Waals surface area contributed by atoms with E-state index < -0.39 is 0 Å². The largest absolute Gasteiger partial charge is 0.476 e. The Morgan fingerprint density at radius 3 is 2.52 bits per heavy atom. The van der Waals surface area contributed by atoms with E-state index >= 15 is 0 Å². The molecule has 2 N–H and O–H groups in total. The first-order chi connectivity index (χ1) is 10.1. The van der Waals surface area contributed by atoms with Crippen molar-refractivity contribution in [1.29, 1.82) is 0 Å². The first kappa shape index (κ1) is 15.9. The number of ether oxygens (including phenoxy) is 1. The highest BCUT2D eigenvalue weighted by Crippen LogP contribution is 2.28. The van der Waals surface area contributed by atoms with Gasteiger partial charge in [0.2, 0.25) is 5.88 Å². The molecule has 2 rings (SSSR count). The van der Waals surface area contributed by atoms with Crippen molar-refractivity contribution in [2.75, 3.05) is 24.3 Å². The zero-order valence-corrected chi connectivity index (χ0v) is 13.6. The summed E-state index contributed by atoms with van der Waals surface area (Å²) >= 11 is 0. The quantitative estimate of drug-likeness (QED) is 0.837. The number of hydrogen-bond acceptors (Lipinski definition) is 4. The number of rotatable bonds is 5. The Bertz CT molecular complexity index is 440. The number of aromatic nitrogens is 1. The standard InChI is InChI=1S/C17H29N3O/c1-13(2)12-21-17-15(18)10-11-16(19-17)20(3)14-8-6-4-5-7-9-14/h10-11,13-14H,4-9,12,18H2,1-3H3. The van der Waals surface area contributed by atoms with Gasteiger partial charge in [-0.05, 0) is 30.9 Å². The Morgan fingerprint density at radius 2 is 1.90 bits per heavy atom. The maximum absolute atomic E-state index is 5.97. The van der Waals surface area contributed by atoms with Gasteiger partial charge in [-0.2, -0.15) is 4.98 Å². The molecule has 0 spiro atoms. The molecule has 21 heavy (non-hydrogen) atoms. The third-order valence-corrected chi connectivity index (χ3v) is 4.16. The van der Waals surface area contributed by atoms with Crippen molar-refractivity contribution in [2.24, 2.45) is 5.92 Å². The summed E-state index contributed by atoms with van der Waals surface area (Å²) in [6.07, 6.45) is 7.88. The molecule has 0 amide bonds. The number of hydrogen-bond donors (Lipinski definition) is 1. The molecule has 1 aromatic rings. The molecule has 1 aliphatic rings. The normalized spacial score (nSPS) is 16.8. The van der Waals surface area contributed by atoms with E-state index in [0.717, 1.165) is 5.82 Å². The highest BCUT2D eigenvalue weighted by molar-refractivity contribution is 5.54. The van der Waals surface area contributed by atoms with Crippen LogP contribution in [0.5, 0.6) is 5.88 Å². The van der Waals surface area contributed by atoms with Crippen molar-refractivity contribution in [3.8, 4) is 5.88 Å². The van der Waals surface area contributed by atoms with Gasteiger partial charge in [0.25, 0.3) is 0 Å². The first-order valence-electron chi connectivity index (χ1n) is 8.20. The minimum absolute atomic E-state index is 0.467. The monoisotopic (exact) mass is 291 g/mol. The van der Waals surface area contributed by atoms with Gasteiger partial charge in [-0.1, -0.05) is 39.5 Å². The van der Waals surface area contributed by atoms with Crippen LogP contribution in [-0.4, -0.2) is 24.7 Å². The molecular formula is C17H29N3O. The topological polar surface area (TPSA) is 51.4 Å². The smallest absolute Gasteiger partial charge is 0.239 e. The zero-order valence-electron chi connectivity index (χ0n) is 13.6. The van der Waals surface area contributed by atoms with Gasteiger partial charge in [0.1, 0.15) is 5.82 Å². The van der Waals surface area contributed by atoms with E-state index in [9.17, 15) is 0 Å². The molecule has 0 atom stereocenters. The summed E-state index contributed by atoms with van der Waals surface area (Å²) in [5, 5.41) is 0. The van der Waals surface area contributed by atoms with E-state index in [4.69, 9.17) is 10.5 Å². The zero-order chi connectivity index (χ0) is 15.2. The first-order valence-corrected chi connectivity index (χ1v) is 8.20. The van der Waals surface area contributed by atoms with Crippen LogP contribution in [0, 0.1) is 5.92 Å². The van der Waals surface area contributed by atoms with Crippen LogP contribution in [0.15, 0.2) is 12.1 Å². The highest BCUT2D eigenvalue weighted by Gasteiger charge is 2.19. The average molecular weight is 291 g/mol. The van der Waals surface area contributed by atoms with Gasteiger partial charge in [0, 0.05) is 13.1 Å². The van der Waals surface area contributed by atoms with E-state index in [2.05, 4.69) is 30.8 Å². The van der Waals surface area contributed by atoms with Crippen molar-refractivity contribution in [1.82, 2.24) is 4.98 Å². The molecule has 1 fully saturated rings. The predicted molar refractivity (Wildman–Crippen MR) is 88.9 cm³/mol. The van der Waals surface area contributed by atoms with Crippen LogP contribution < -0.4 is 15.4 Å². The van der Waals surface area contributed by atoms with Crippen LogP contribution in [0.3, 0.4) is 0 Å². The molecule has 4 heteroatoms. The van der Waals surface area contributed by atoms with Crippen LogP contribution >= 0.6 is 0 Å². The van der Waals surface area contributed by atoms with Gasteiger partial charge in [-0.25, -0.2) is 0 Å². The molecule has 118 valence electrons. The van der Waals surface area contributed by atoms with Crippen LogP contribution in [0.25, 0.3) is 0 Å². The second-order valence-corrected chi connectivity index (χ2v) is 6.52. The Morgan fingerprint density at radius 1 is 1.24 bits per heavy atom. The second kappa shape index (κ2) is 7.53. The van der Waals surface area contributed by atoms with Crippen LogP contribution in [-0.2, 0) is 0 Å². The van der Waals surface area contributed by atoms with Gasteiger partial charge in [-0.3, -0.25) is 0 Å². The lowest BCUT2D eigenvalue weighted by atomic mass is 10.1. The van der Waals surface area contributed by atoms with Crippen LogP contribution in [0.1, 0.15) is 52.4 Å². The average Bonchev–Trinajstić information content (AvgIpc) is 2.74. The fraction of sp³-hybridized carbons (Fsp3) is 0.706. The third-order valence-electron chi connectivity index (χ3n) is 4.16. The van der Waals surface area contributed by atoms with Crippen molar-refractivity contribution >= 4 is 11.5 Å². The number of nitrogens with zero attached hydrogens (tertiary/aromatic N) is 2. The van der Waals surface area contributed by atoms with Gasteiger partial charge in [0.15, 0.2) is 0 Å². The molecule has 1 aliphatic carbocycles. The lowest BCUT2D eigenvalue weighted by molar-refractivity contribution is 0.263. The molecule has 1 aromatic heterocycles. The van der Waals surface area contributed by atoms with Crippen molar-refractivity contribution in [2.45, 2.75) is 58.4 Å². The summed E-state index contributed by atoms with van der Waals surface area (Å²) in [6.45, 7) is 4.89. The van der Waals surface area contributed by atoms with E-state index in [1.165, 1.54) is 38.5 Å². The SMILES string of the molecule is CC(C)COc1nc(N(C)C2CCCCCC2)ccc1N. The Hall–Kier alpha value is -1.45. The number of nitrogens with two attached hydrogens (primary N) is 1. The summed E-state index contributed by atoms with van der Waals surface area (Å²) < 4.78 is 5.74. The lowest BCUT2D eigenvalue weighted by Gasteiger charge is -2.28.